The normalized spacial score (nSPS) is 17.0. The molecular formula is C16H20ClFN4O2. The predicted octanol–water partition coefficient (Wildman–Crippen LogP) is 3.01. The number of hydrogen-bond acceptors (Lipinski definition) is 5. The first-order valence-electron chi connectivity index (χ1n) is 8.10. The van der Waals surface area contributed by atoms with Crippen LogP contribution in [0.1, 0.15) is 26.2 Å². The number of nitrogens with zero attached hydrogens (tertiary/aromatic N) is 1. The average Bonchev–Trinajstić information content (AvgIpc) is 3.03. The molecule has 0 radical (unpaired) electrons. The number of rotatable bonds is 5. The van der Waals surface area contributed by atoms with Crippen molar-refractivity contribution in [1.29, 1.82) is 0 Å². The first kappa shape index (κ1) is 17.0. The summed E-state index contributed by atoms with van der Waals surface area (Å²) in [7, 11) is 0. The van der Waals surface area contributed by atoms with Gasteiger partial charge in [-0.2, -0.15) is 0 Å². The number of nitrogens with one attached hydrogen (secondary N) is 3. The van der Waals surface area contributed by atoms with Gasteiger partial charge >= 0.3 is 5.76 Å². The Morgan fingerprint density at radius 2 is 2.21 bits per heavy atom. The van der Waals surface area contributed by atoms with Crippen LogP contribution in [0.3, 0.4) is 0 Å². The maximum absolute atomic E-state index is 14.2. The Hall–Kier alpha value is -1.86. The number of anilines is 1. The van der Waals surface area contributed by atoms with E-state index in [0.717, 1.165) is 32.4 Å². The molecule has 2 heterocycles. The van der Waals surface area contributed by atoms with Gasteiger partial charge in [0.15, 0.2) is 0 Å². The maximum Gasteiger partial charge on any atom is 0.434 e. The number of aromatic amines is 1. The lowest BCUT2D eigenvalue weighted by atomic mass is 9.88. The lowest BCUT2D eigenvalue weighted by Crippen LogP contribution is -2.37. The first-order valence-corrected chi connectivity index (χ1v) is 8.48. The summed E-state index contributed by atoms with van der Waals surface area (Å²) in [6, 6.07) is 3.07. The standard InChI is InChI=1S/C16H20ClFN4O2/c1-2-12(9-3-5-19-6-4-9)20-13-8-10(7-11(18)14(13)17)15-21-22-16(23)24-15/h7-9,12,19-20H,2-6H2,1H3,(H,22,23)/t12-/m0/s1. The summed E-state index contributed by atoms with van der Waals surface area (Å²) >= 11 is 6.13. The van der Waals surface area contributed by atoms with Gasteiger partial charge in [-0.25, -0.2) is 14.3 Å². The highest BCUT2D eigenvalue weighted by Gasteiger charge is 2.24. The van der Waals surface area contributed by atoms with E-state index in [1.165, 1.54) is 6.07 Å². The van der Waals surface area contributed by atoms with Crippen LogP contribution >= 0.6 is 11.6 Å². The third kappa shape index (κ3) is 3.62. The van der Waals surface area contributed by atoms with Gasteiger partial charge in [-0.05, 0) is 50.4 Å². The molecule has 1 saturated heterocycles. The van der Waals surface area contributed by atoms with Crippen LogP contribution in [0.5, 0.6) is 0 Å². The van der Waals surface area contributed by atoms with Crippen LogP contribution < -0.4 is 16.4 Å². The van der Waals surface area contributed by atoms with Gasteiger partial charge < -0.3 is 15.1 Å². The zero-order chi connectivity index (χ0) is 17.1. The van der Waals surface area contributed by atoms with Crippen LogP contribution in [0.25, 0.3) is 11.5 Å². The number of benzene rings is 1. The van der Waals surface area contributed by atoms with Gasteiger partial charge in [-0.15, -0.1) is 5.10 Å². The molecule has 0 saturated carbocycles. The van der Waals surface area contributed by atoms with E-state index in [0.29, 0.717) is 17.2 Å². The minimum Gasteiger partial charge on any atom is -0.388 e. The molecule has 0 aliphatic carbocycles. The summed E-state index contributed by atoms with van der Waals surface area (Å²) < 4.78 is 19.1. The van der Waals surface area contributed by atoms with Crippen molar-refractivity contribution < 1.29 is 8.81 Å². The molecule has 0 bridgehead atoms. The number of aromatic nitrogens is 2. The molecule has 1 aromatic carbocycles. The second-order valence-corrected chi connectivity index (χ2v) is 6.36. The third-order valence-electron chi connectivity index (χ3n) is 4.45. The van der Waals surface area contributed by atoms with Crippen molar-refractivity contribution in [2.24, 2.45) is 5.92 Å². The minimum absolute atomic E-state index is 0.0315. The Bertz CT molecular complexity index is 755. The molecule has 1 aliphatic heterocycles. The van der Waals surface area contributed by atoms with Crippen LogP contribution in [0, 0.1) is 11.7 Å². The van der Waals surface area contributed by atoms with E-state index in [2.05, 4.69) is 27.8 Å². The van der Waals surface area contributed by atoms with E-state index in [-0.39, 0.29) is 17.0 Å². The van der Waals surface area contributed by atoms with Crippen molar-refractivity contribution in [2.45, 2.75) is 32.2 Å². The first-order chi connectivity index (χ1) is 11.6. The van der Waals surface area contributed by atoms with Crippen molar-refractivity contribution in [3.8, 4) is 11.5 Å². The lowest BCUT2D eigenvalue weighted by Gasteiger charge is -2.31. The highest BCUT2D eigenvalue weighted by Crippen LogP contribution is 2.33. The minimum atomic E-state index is -0.684. The summed E-state index contributed by atoms with van der Waals surface area (Å²) in [5.41, 5.74) is 0.848. The quantitative estimate of drug-likeness (QED) is 0.768. The molecule has 3 rings (SSSR count). The molecule has 8 heteroatoms. The molecule has 0 unspecified atom stereocenters. The summed E-state index contributed by atoms with van der Waals surface area (Å²) in [6.45, 7) is 4.08. The largest absolute Gasteiger partial charge is 0.434 e. The van der Waals surface area contributed by atoms with E-state index < -0.39 is 11.6 Å². The van der Waals surface area contributed by atoms with Gasteiger partial charge in [-0.1, -0.05) is 18.5 Å². The molecule has 0 spiro atoms. The van der Waals surface area contributed by atoms with Gasteiger partial charge in [0.2, 0.25) is 5.89 Å². The predicted molar refractivity (Wildman–Crippen MR) is 90.8 cm³/mol. The fourth-order valence-electron chi connectivity index (χ4n) is 3.17. The number of piperidine rings is 1. The van der Waals surface area contributed by atoms with Crippen LogP contribution in [0.4, 0.5) is 10.1 Å². The van der Waals surface area contributed by atoms with Crippen molar-refractivity contribution in [3.63, 3.8) is 0 Å². The number of H-pyrrole nitrogens is 1. The smallest absolute Gasteiger partial charge is 0.388 e. The van der Waals surface area contributed by atoms with Crippen LogP contribution in [-0.4, -0.2) is 29.3 Å². The molecule has 24 heavy (non-hydrogen) atoms. The van der Waals surface area contributed by atoms with Crippen molar-refractivity contribution in [3.05, 3.63) is 33.5 Å². The van der Waals surface area contributed by atoms with Crippen molar-refractivity contribution in [2.75, 3.05) is 18.4 Å². The van der Waals surface area contributed by atoms with Gasteiger partial charge in [0.05, 0.1) is 10.7 Å². The molecule has 3 N–H and O–H groups in total. The average molecular weight is 355 g/mol. The van der Waals surface area contributed by atoms with Gasteiger partial charge in [0.1, 0.15) is 5.82 Å². The van der Waals surface area contributed by atoms with Crippen LogP contribution in [-0.2, 0) is 0 Å². The van der Waals surface area contributed by atoms with E-state index >= 15 is 0 Å². The van der Waals surface area contributed by atoms with Gasteiger partial charge in [-0.3, -0.25) is 0 Å². The van der Waals surface area contributed by atoms with Crippen LogP contribution in [0.15, 0.2) is 21.3 Å². The molecule has 1 aliphatic rings. The highest BCUT2D eigenvalue weighted by molar-refractivity contribution is 6.33. The molecule has 130 valence electrons. The molecule has 2 aromatic rings. The second-order valence-electron chi connectivity index (χ2n) is 5.98. The van der Waals surface area contributed by atoms with Crippen LogP contribution in [0.2, 0.25) is 5.02 Å². The molecule has 1 fully saturated rings. The summed E-state index contributed by atoms with van der Waals surface area (Å²) in [5.74, 6) is -0.727. The molecule has 0 amide bonds. The van der Waals surface area contributed by atoms with E-state index in [4.69, 9.17) is 16.0 Å². The SMILES string of the molecule is CC[C@H](Nc1cc(-c2n[nH]c(=O)o2)cc(F)c1Cl)C1CCNCC1. The zero-order valence-corrected chi connectivity index (χ0v) is 14.1. The summed E-state index contributed by atoms with van der Waals surface area (Å²) in [4.78, 5) is 11.1. The topological polar surface area (TPSA) is 83.0 Å². The number of halogens is 2. The summed E-state index contributed by atoms with van der Waals surface area (Å²) in [6.07, 6.45) is 3.05. The van der Waals surface area contributed by atoms with E-state index in [1.807, 2.05) is 0 Å². The molecular weight excluding hydrogens is 335 g/mol. The van der Waals surface area contributed by atoms with Crippen molar-refractivity contribution in [1.82, 2.24) is 15.5 Å². The Balaban J connectivity index is 1.88. The fourth-order valence-corrected chi connectivity index (χ4v) is 3.33. The Labute approximate surface area is 143 Å². The van der Waals surface area contributed by atoms with E-state index in [1.54, 1.807) is 6.07 Å². The third-order valence-corrected chi connectivity index (χ3v) is 4.83. The fraction of sp³-hybridized carbons (Fsp3) is 0.500. The van der Waals surface area contributed by atoms with Gasteiger partial charge in [0.25, 0.3) is 0 Å². The zero-order valence-electron chi connectivity index (χ0n) is 13.4. The summed E-state index contributed by atoms with van der Waals surface area (Å²) in [5, 5.41) is 12.6. The second kappa shape index (κ2) is 7.36. The molecule has 1 atom stereocenters. The van der Waals surface area contributed by atoms with Gasteiger partial charge in [0, 0.05) is 11.6 Å². The molecule has 1 aromatic heterocycles. The Morgan fingerprint density at radius 1 is 1.46 bits per heavy atom. The van der Waals surface area contributed by atoms with Crippen molar-refractivity contribution >= 4 is 17.3 Å². The Kier molecular flexibility index (Phi) is 5.20. The maximum atomic E-state index is 14.2. The lowest BCUT2D eigenvalue weighted by molar-refractivity contribution is 0.326. The monoisotopic (exact) mass is 354 g/mol. The number of hydrogen-bond donors (Lipinski definition) is 3. The Morgan fingerprint density at radius 3 is 2.83 bits per heavy atom. The van der Waals surface area contributed by atoms with E-state index in [9.17, 15) is 9.18 Å². The molecule has 6 nitrogen and oxygen atoms in total. The highest BCUT2D eigenvalue weighted by atomic mass is 35.5.